The van der Waals surface area contributed by atoms with Gasteiger partial charge in [-0.1, -0.05) is 53.5 Å². The van der Waals surface area contributed by atoms with Crippen LogP contribution in [0.15, 0.2) is 48.5 Å². The van der Waals surface area contributed by atoms with Crippen LogP contribution in [-0.2, 0) is 11.2 Å². The van der Waals surface area contributed by atoms with Crippen molar-refractivity contribution in [1.29, 1.82) is 0 Å². The summed E-state index contributed by atoms with van der Waals surface area (Å²) < 4.78 is 0. The van der Waals surface area contributed by atoms with E-state index in [9.17, 15) is 4.79 Å². The van der Waals surface area contributed by atoms with Crippen LogP contribution in [-0.4, -0.2) is 43.0 Å². The highest BCUT2D eigenvalue weighted by Gasteiger charge is 2.20. The Bertz CT molecular complexity index is 746. The molecular formula is C21H25Cl2N3O. The molecule has 2 N–H and O–H groups in total. The van der Waals surface area contributed by atoms with Crippen LogP contribution >= 0.6 is 23.2 Å². The standard InChI is InChI=1S/C21H25Cl2N3O/c22-19-8-4-5-16(21(19)23)9-12-24-20(27)15-26-13-10-18(11-14-26)25-17-6-2-1-3-7-17/h1-8,18,25H,9-15H2,(H,24,27). The quantitative estimate of drug-likeness (QED) is 0.724. The zero-order valence-electron chi connectivity index (χ0n) is 15.3. The lowest BCUT2D eigenvalue weighted by molar-refractivity contribution is -0.122. The normalized spacial score (nSPS) is 15.5. The molecule has 0 bridgehead atoms. The van der Waals surface area contributed by atoms with Gasteiger partial charge in [0.05, 0.1) is 16.6 Å². The summed E-state index contributed by atoms with van der Waals surface area (Å²) in [6.45, 7) is 2.86. The largest absolute Gasteiger partial charge is 0.382 e. The Labute approximate surface area is 170 Å². The molecule has 2 aromatic rings. The van der Waals surface area contributed by atoms with E-state index in [1.807, 2.05) is 30.3 Å². The summed E-state index contributed by atoms with van der Waals surface area (Å²) in [5.74, 6) is 0.0580. The number of carbonyl (C=O) groups is 1. The van der Waals surface area contributed by atoms with Gasteiger partial charge in [-0.25, -0.2) is 0 Å². The van der Waals surface area contributed by atoms with Crippen LogP contribution < -0.4 is 10.6 Å². The highest BCUT2D eigenvalue weighted by Crippen LogP contribution is 2.25. The Morgan fingerprint density at radius 3 is 2.52 bits per heavy atom. The van der Waals surface area contributed by atoms with E-state index in [0.717, 1.165) is 37.2 Å². The van der Waals surface area contributed by atoms with Gasteiger partial charge in [-0.05, 0) is 43.0 Å². The summed E-state index contributed by atoms with van der Waals surface area (Å²) in [4.78, 5) is 14.4. The monoisotopic (exact) mass is 405 g/mol. The summed E-state index contributed by atoms with van der Waals surface area (Å²) in [6, 6.07) is 16.3. The van der Waals surface area contributed by atoms with Crippen molar-refractivity contribution >= 4 is 34.8 Å². The van der Waals surface area contributed by atoms with Crippen LogP contribution in [0.4, 0.5) is 5.69 Å². The van der Waals surface area contributed by atoms with Gasteiger partial charge in [-0.2, -0.15) is 0 Å². The molecule has 0 radical (unpaired) electrons. The van der Waals surface area contributed by atoms with Crippen LogP contribution in [0.1, 0.15) is 18.4 Å². The van der Waals surface area contributed by atoms with Crippen LogP contribution in [0.25, 0.3) is 0 Å². The Morgan fingerprint density at radius 1 is 1.04 bits per heavy atom. The lowest BCUT2D eigenvalue weighted by Crippen LogP contribution is -2.44. The van der Waals surface area contributed by atoms with E-state index in [-0.39, 0.29) is 5.91 Å². The van der Waals surface area contributed by atoms with Gasteiger partial charge in [-0.15, -0.1) is 0 Å². The van der Waals surface area contributed by atoms with E-state index in [1.165, 1.54) is 0 Å². The lowest BCUT2D eigenvalue weighted by atomic mass is 10.0. The van der Waals surface area contributed by atoms with Gasteiger partial charge in [0.1, 0.15) is 0 Å². The Balaban J connectivity index is 1.35. The maximum atomic E-state index is 12.2. The minimum absolute atomic E-state index is 0.0580. The minimum atomic E-state index is 0.0580. The second-order valence-electron chi connectivity index (χ2n) is 6.87. The molecule has 1 amide bonds. The average Bonchev–Trinajstić information content (AvgIpc) is 2.67. The van der Waals surface area contributed by atoms with E-state index in [4.69, 9.17) is 23.2 Å². The molecule has 1 saturated heterocycles. The third-order valence-corrected chi connectivity index (χ3v) is 5.71. The van der Waals surface area contributed by atoms with Crippen molar-refractivity contribution in [2.24, 2.45) is 0 Å². The molecule has 144 valence electrons. The zero-order chi connectivity index (χ0) is 19.1. The number of piperidine rings is 1. The molecule has 1 fully saturated rings. The van der Waals surface area contributed by atoms with Gasteiger partial charge in [-0.3, -0.25) is 9.69 Å². The molecule has 3 rings (SSSR count). The number of anilines is 1. The second kappa shape index (κ2) is 9.98. The first-order valence-electron chi connectivity index (χ1n) is 9.35. The van der Waals surface area contributed by atoms with Gasteiger partial charge in [0.2, 0.25) is 5.91 Å². The molecule has 0 unspecified atom stereocenters. The minimum Gasteiger partial charge on any atom is -0.382 e. The van der Waals surface area contributed by atoms with Crippen molar-refractivity contribution in [1.82, 2.24) is 10.2 Å². The molecule has 1 heterocycles. The molecule has 0 atom stereocenters. The number of halogens is 2. The van der Waals surface area contributed by atoms with E-state index < -0.39 is 0 Å². The first-order valence-corrected chi connectivity index (χ1v) is 10.1. The maximum Gasteiger partial charge on any atom is 0.234 e. The number of amides is 1. The smallest absolute Gasteiger partial charge is 0.234 e. The molecule has 2 aromatic carbocycles. The summed E-state index contributed by atoms with van der Waals surface area (Å²) in [7, 11) is 0. The fourth-order valence-corrected chi connectivity index (χ4v) is 3.76. The SMILES string of the molecule is O=C(CN1CCC(Nc2ccccc2)CC1)NCCc1cccc(Cl)c1Cl. The summed E-state index contributed by atoms with van der Waals surface area (Å²) in [6.07, 6.45) is 2.76. The number of hydrogen-bond donors (Lipinski definition) is 2. The summed E-state index contributed by atoms with van der Waals surface area (Å²) >= 11 is 12.2. The number of rotatable bonds is 7. The molecule has 1 aliphatic rings. The molecule has 27 heavy (non-hydrogen) atoms. The molecular weight excluding hydrogens is 381 g/mol. The Morgan fingerprint density at radius 2 is 1.78 bits per heavy atom. The van der Waals surface area contributed by atoms with Gasteiger partial charge < -0.3 is 10.6 Å². The Kier molecular flexibility index (Phi) is 7.39. The van der Waals surface area contributed by atoms with Gasteiger partial charge in [0, 0.05) is 31.4 Å². The summed E-state index contributed by atoms with van der Waals surface area (Å²) in [5.41, 5.74) is 2.12. The first-order chi connectivity index (χ1) is 13.1. The van der Waals surface area contributed by atoms with Crippen molar-refractivity contribution in [2.75, 3.05) is 31.5 Å². The highest BCUT2D eigenvalue weighted by atomic mass is 35.5. The van der Waals surface area contributed by atoms with E-state index >= 15 is 0 Å². The molecule has 1 aliphatic heterocycles. The van der Waals surface area contributed by atoms with Crippen molar-refractivity contribution < 1.29 is 4.79 Å². The van der Waals surface area contributed by atoms with E-state index in [2.05, 4.69) is 27.7 Å². The van der Waals surface area contributed by atoms with Crippen molar-refractivity contribution in [3.8, 4) is 0 Å². The number of hydrogen-bond acceptors (Lipinski definition) is 3. The molecule has 4 nitrogen and oxygen atoms in total. The number of likely N-dealkylation sites (tertiary alicyclic amines) is 1. The molecule has 0 aromatic heterocycles. The van der Waals surface area contributed by atoms with Crippen LogP contribution in [0.3, 0.4) is 0 Å². The number of nitrogens with zero attached hydrogens (tertiary/aromatic N) is 1. The predicted octanol–water partition coefficient (Wildman–Crippen LogP) is 4.23. The van der Waals surface area contributed by atoms with Gasteiger partial charge in [0.25, 0.3) is 0 Å². The van der Waals surface area contributed by atoms with Crippen molar-refractivity contribution in [3.05, 3.63) is 64.1 Å². The lowest BCUT2D eigenvalue weighted by Gasteiger charge is -2.32. The third kappa shape index (κ3) is 6.13. The number of carbonyl (C=O) groups excluding carboxylic acids is 1. The fourth-order valence-electron chi connectivity index (χ4n) is 3.34. The average molecular weight is 406 g/mol. The number of benzene rings is 2. The molecule has 0 aliphatic carbocycles. The maximum absolute atomic E-state index is 12.2. The van der Waals surface area contributed by atoms with Crippen molar-refractivity contribution in [2.45, 2.75) is 25.3 Å². The summed E-state index contributed by atoms with van der Waals surface area (Å²) in [5, 5.41) is 7.66. The topological polar surface area (TPSA) is 44.4 Å². The van der Waals surface area contributed by atoms with Crippen molar-refractivity contribution in [3.63, 3.8) is 0 Å². The number of para-hydroxylation sites is 1. The molecule has 6 heteroatoms. The molecule has 0 saturated carbocycles. The number of nitrogens with one attached hydrogen (secondary N) is 2. The van der Waals surface area contributed by atoms with E-state index in [0.29, 0.717) is 35.6 Å². The predicted molar refractivity (Wildman–Crippen MR) is 113 cm³/mol. The first kappa shape index (κ1) is 20.0. The van der Waals surface area contributed by atoms with Gasteiger partial charge >= 0.3 is 0 Å². The third-order valence-electron chi connectivity index (χ3n) is 4.85. The fraction of sp³-hybridized carbons (Fsp3) is 0.381. The highest BCUT2D eigenvalue weighted by molar-refractivity contribution is 6.42. The van der Waals surface area contributed by atoms with Crippen LogP contribution in [0, 0.1) is 0 Å². The van der Waals surface area contributed by atoms with Gasteiger partial charge in [0.15, 0.2) is 0 Å². The van der Waals surface area contributed by atoms with Crippen LogP contribution in [0.5, 0.6) is 0 Å². The zero-order valence-corrected chi connectivity index (χ0v) is 16.8. The molecule has 0 spiro atoms. The van der Waals surface area contributed by atoms with Crippen LogP contribution in [0.2, 0.25) is 10.0 Å². The second-order valence-corrected chi connectivity index (χ2v) is 7.66. The van der Waals surface area contributed by atoms with E-state index in [1.54, 1.807) is 6.07 Å². The Hall–Kier alpha value is -1.75.